The van der Waals surface area contributed by atoms with Crippen LogP contribution >= 0.6 is 11.8 Å². The van der Waals surface area contributed by atoms with Gasteiger partial charge >= 0.3 is 0 Å². The third kappa shape index (κ3) is 8.15. The van der Waals surface area contributed by atoms with Crippen molar-refractivity contribution >= 4 is 46.9 Å². The minimum atomic E-state index is -0.542. The Hall–Kier alpha value is -4.69. The molecule has 0 saturated carbocycles. The molecule has 40 heavy (non-hydrogen) atoms. The van der Waals surface area contributed by atoms with Crippen LogP contribution in [0, 0.1) is 12.7 Å². The molecular formula is C32H28FN3O3S. The third-order valence-corrected chi connectivity index (χ3v) is 6.94. The van der Waals surface area contributed by atoms with Gasteiger partial charge in [-0.15, -0.1) is 11.8 Å². The molecule has 0 saturated heterocycles. The zero-order valence-corrected chi connectivity index (χ0v) is 22.8. The van der Waals surface area contributed by atoms with Gasteiger partial charge in [0.25, 0.3) is 11.8 Å². The summed E-state index contributed by atoms with van der Waals surface area (Å²) >= 11 is 1.39. The molecule has 8 heteroatoms. The van der Waals surface area contributed by atoms with Crippen molar-refractivity contribution in [3.05, 3.63) is 131 Å². The molecule has 0 spiro atoms. The van der Waals surface area contributed by atoms with E-state index in [0.29, 0.717) is 16.8 Å². The Labute approximate surface area is 236 Å². The summed E-state index contributed by atoms with van der Waals surface area (Å²) in [6.45, 7) is 3.81. The zero-order chi connectivity index (χ0) is 28.5. The smallest absolute Gasteiger partial charge is 0.272 e. The van der Waals surface area contributed by atoms with E-state index in [-0.39, 0.29) is 16.9 Å². The predicted octanol–water partition coefficient (Wildman–Crippen LogP) is 6.66. The van der Waals surface area contributed by atoms with Crippen LogP contribution in [-0.4, -0.2) is 23.0 Å². The maximum atomic E-state index is 13.4. The van der Waals surface area contributed by atoms with E-state index in [4.69, 9.17) is 0 Å². The standard InChI is InChI=1S/C32H28FN3O3S/c1-21-8-14-26(15-9-21)34-30(37)22(2)40-28-18-16-27(17-19-28)35-32(39)29(20-23-10-12-25(33)13-11-23)36-31(38)24-6-4-3-5-7-24/h3-20,22H,1-2H3,(H,34,37)(H,35,39)(H,36,38)/b29-20-. The number of aryl methyl sites for hydroxylation is 1. The van der Waals surface area contributed by atoms with Gasteiger partial charge in [0.05, 0.1) is 5.25 Å². The van der Waals surface area contributed by atoms with Crippen molar-refractivity contribution in [2.75, 3.05) is 10.6 Å². The van der Waals surface area contributed by atoms with Crippen LogP contribution in [0.15, 0.2) is 114 Å². The Morgan fingerprint density at radius 2 is 1.38 bits per heavy atom. The highest BCUT2D eigenvalue weighted by Crippen LogP contribution is 2.26. The normalized spacial score (nSPS) is 11.8. The molecule has 202 valence electrons. The zero-order valence-electron chi connectivity index (χ0n) is 22.0. The van der Waals surface area contributed by atoms with Gasteiger partial charge in [-0.05, 0) is 86.2 Å². The molecule has 0 aliphatic rings. The van der Waals surface area contributed by atoms with Crippen LogP contribution in [0.5, 0.6) is 0 Å². The Bertz CT molecular complexity index is 1500. The number of hydrogen-bond acceptors (Lipinski definition) is 4. The molecule has 0 aromatic heterocycles. The van der Waals surface area contributed by atoms with E-state index in [9.17, 15) is 18.8 Å². The van der Waals surface area contributed by atoms with E-state index in [1.807, 2.05) is 50.2 Å². The average Bonchev–Trinajstić information content (AvgIpc) is 2.96. The Kier molecular flexibility index (Phi) is 9.48. The lowest BCUT2D eigenvalue weighted by Crippen LogP contribution is -2.30. The van der Waals surface area contributed by atoms with Crippen LogP contribution < -0.4 is 16.0 Å². The van der Waals surface area contributed by atoms with Gasteiger partial charge < -0.3 is 16.0 Å². The second-order valence-corrected chi connectivity index (χ2v) is 10.4. The van der Waals surface area contributed by atoms with Gasteiger partial charge in [0.15, 0.2) is 0 Å². The maximum absolute atomic E-state index is 13.4. The molecule has 1 atom stereocenters. The van der Waals surface area contributed by atoms with Crippen molar-refractivity contribution in [1.29, 1.82) is 0 Å². The molecule has 6 nitrogen and oxygen atoms in total. The Morgan fingerprint density at radius 1 is 0.775 bits per heavy atom. The molecule has 0 heterocycles. The number of nitrogens with one attached hydrogen (secondary N) is 3. The number of rotatable bonds is 9. The predicted molar refractivity (Wildman–Crippen MR) is 158 cm³/mol. The summed E-state index contributed by atoms with van der Waals surface area (Å²) in [4.78, 5) is 39.4. The molecule has 3 N–H and O–H groups in total. The van der Waals surface area contributed by atoms with Crippen molar-refractivity contribution in [2.24, 2.45) is 0 Å². The monoisotopic (exact) mass is 553 g/mol. The molecule has 0 aliphatic carbocycles. The Balaban J connectivity index is 1.42. The minimum absolute atomic E-state index is 0.000289. The number of anilines is 2. The summed E-state index contributed by atoms with van der Waals surface area (Å²) in [7, 11) is 0. The molecule has 0 fully saturated rings. The number of thioether (sulfide) groups is 1. The fourth-order valence-corrected chi connectivity index (χ4v) is 4.49. The summed E-state index contributed by atoms with van der Waals surface area (Å²) in [6.07, 6.45) is 1.48. The SMILES string of the molecule is Cc1ccc(NC(=O)C(C)Sc2ccc(NC(=O)/C(=C/c3ccc(F)cc3)NC(=O)c3ccccc3)cc2)cc1. The second-order valence-electron chi connectivity index (χ2n) is 9.02. The van der Waals surface area contributed by atoms with Crippen LogP contribution in [0.3, 0.4) is 0 Å². The van der Waals surface area contributed by atoms with Crippen molar-refractivity contribution < 1.29 is 18.8 Å². The van der Waals surface area contributed by atoms with E-state index in [0.717, 1.165) is 16.1 Å². The van der Waals surface area contributed by atoms with Crippen LogP contribution in [-0.2, 0) is 9.59 Å². The van der Waals surface area contributed by atoms with Gasteiger partial charge in [0.1, 0.15) is 11.5 Å². The molecular weight excluding hydrogens is 525 g/mol. The number of benzene rings is 4. The van der Waals surface area contributed by atoms with Crippen LogP contribution in [0.4, 0.5) is 15.8 Å². The topological polar surface area (TPSA) is 87.3 Å². The van der Waals surface area contributed by atoms with Gasteiger partial charge in [-0.1, -0.05) is 48.0 Å². The van der Waals surface area contributed by atoms with Crippen LogP contribution in [0.25, 0.3) is 6.08 Å². The molecule has 1 unspecified atom stereocenters. The molecule has 0 bridgehead atoms. The fourth-order valence-electron chi connectivity index (χ4n) is 3.62. The molecule has 3 amide bonds. The summed E-state index contributed by atoms with van der Waals surface area (Å²) in [5.41, 5.74) is 3.30. The van der Waals surface area contributed by atoms with Crippen molar-refractivity contribution in [1.82, 2.24) is 5.32 Å². The lowest BCUT2D eigenvalue weighted by Gasteiger charge is -2.14. The van der Waals surface area contributed by atoms with Crippen LogP contribution in [0.1, 0.15) is 28.4 Å². The molecule has 0 aliphatic heterocycles. The van der Waals surface area contributed by atoms with Crippen molar-refractivity contribution in [3.8, 4) is 0 Å². The number of hydrogen-bond donors (Lipinski definition) is 3. The van der Waals surface area contributed by atoms with E-state index in [2.05, 4.69) is 16.0 Å². The summed E-state index contributed by atoms with van der Waals surface area (Å²) < 4.78 is 13.4. The lowest BCUT2D eigenvalue weighted by molar-refractivity contribution is -0.115. The van der Waals surface area contributed by atoms with Crippen molar-refractivity contribution in [2.45, 2.75) is 24.0 Å². The highest BCUT2D eigenvalue weighted by atomic mass is 32.2. The third-order valence-electron chi connectivity index (χ3n) is 5.82. The average molecular weight is 554 g/mol. The first-order valence-corrected chi connectivity index (χ1v) is 13.4. The molecule has 4 aromatic carbocycles. The minimum Gasteiger partial charge on any atom is -0.325 e. The lowest BCUT2D eigenvalue weighted by atomic mass is 10.1. The van der Waals surface area contributed by atoms with E-state index < -0.39 is 17.6 Å². The van der Waals surface area contributed by atoms with E-state index in [1.165, 1.54) is 42.1 Å². The van der Waals surface area contributed by atoms with Crippen LogP contribution in [0.2, 0.25) is 0 Å². The van der Waals surface area contributed by atoms with E-state index in [1.54, 1.807) is 42.5 Å². The fraction of sp³-hybridized carbons (Fsp3) is 0.0938. The molecule has 4 rings (SSSR count). The Morgan fingerprint density at radius 3 is 2.02 bits per heavy atom. The van der Waals surface area contributed by atoms with Gasteiger partial charge in [-0.2, -0.15) is 0 Å². The van der Waals surface area contributed by atoms with Gasteiger partial charge in [-0.25, -0.2) is 4.39 Å². The highest BCUT2D eigenvalue weighted by molar-refractivity contribution is 8.00. The summed E-state index contributed by atoms with van der Waals surface area (Å²) in [6, 6.07) is 28.8. The van der Waals surface area contributed by atoms with Gasteiger partial charge in [0.2, 0.25) is 5.91 Å². The summed E-state index contributed by atoms with van der Waals surface area (Å²) in [5.74, 6) is -1.51. The van der Waals surface area contributed by atoms with E-state index >= 15 is 0 Å². The van der Waals surface area contributed by atoms with Gasteiger partial charge in [0, 0.05) is 21.8 Å². The first-order valence-electron chi connectivity index (χ1n) is 12.6. The van der Waals surface area contributed by atoms with Gasteiger partial charge in [-0.3, -0.25) is 14.4 Å². The first-order chi connectivity index (χ1) is 19.3. The number of halogens is 1. The number of carbonyl (C=O) groups excluding carboxylic acids is 3. The number of carbonyl (C=O) groups is 3. The summed E-state index contributed by atoms with van der Waals surface area (Å²) in [5, 5.41) is 8.01. The first kappa shape index (κ1) is 28.3. The quantitative estimate of drug-likeness (QED) is 0.160. The molecule has 0 radical (unpaired) electrons. The second kappa shape index (κ2) is 13.4. The maximum Gasteiger partial charge on any atom is 0.272 e. The highest BCUT2D eigenvalue weighted by Gasteiger charge is 2.17. The number of amides is 3. The van der Waals surface area contributed by atoms with Crippen molar-refractivity contribution in [3.63, 3.8) is 0 Å². The molecule has 4 aromatic rings. The largest absolute Gasteiger partial charge is 0.325 e.